The number of carbonyl (C=O) groups excluding carboxylic acids is 2. The maximum atomic E-state index is 11.7. The third-order valence-corrected chi connectivity index (χ3v) is 3.15. The Balaban J connectivity index is 5.58. The summed E-state index contributed by atoms with van der Waals surface area (Å²) in [6, 6.07) is 0. The lowest BCUT2D eigenvalue weighted by molar-refractivity contribution is -0.167. The van der Waals surface area contributed by atoms with E-state index in [2.05, 4.69) is 0 Å². The van der Waals surface area contributed by atoms with Crippen molar-refractivity contribution in [1.29, 1.82) is 0 Å². The third-order valence-electron chi connectivity index (χ3n) is 3.15. The van der Waals surface area contributed by atoms with Crippen LogP contribution in [0.5, 0.6) is 0 Å². The molecule has 0 spiro atoms. The van der Waals surface area contributed by atoms with Crippen LogP contribution in [0, 0.1) is 10.8 Å². The summed E-state index contributed by atoms with van der Waals surface area (Å²) in [4.78, 5) is 66.8. The number of carboxylic acid groups (broad SMARTS) is 4. The Bertz CT molecular complexity index is 467. The van der Waals surface area contributed by atoms with Gasteiger partial charge in [-0.2, -0.15) is 0 Å². The lowest BCUT2D eigenvalue weighted by Crippen LogP contribution is -2.49. The maximum absolute atomic E-state index is 11.7. The fourth-order valence-electron chi connectivity index (χ4n) is 1.16. The average molecular weight is 304 g/mol. The summed E-state index contributed by atoms with van der Waals surface area (Å²) in [6.45, 7) is 1.04. The normalized spacial score (nSPS) is 11.5. The second-order valence-corrected chi connectivity index (χ2v) is 4.49. The van der Waals surface area contributed by atoms with Crippen LogP contribution in [0.15, 0.2) is 0 Å². The standard InChI is InChI=1S/C11H12O10/c1-10(6(14)15,7(16)17)4(12)3-5(13)11(2,8(18)19)9(20)21/h3H2,1-2H3,(H,14,15)(H,16,17)(H,18,19)(H,20,21). The van der Waals surface area contributed by atoms with Crippen molar-refractivity contribution in [3.05, 3.63) is 0 Å². The third kappa shape index (κ3) is 2.88. The zero-order valence-corrected chi connectivity index (χ0v) is 10.9. The molecule has 0 bridgehead atoms. The minimum absolute atomic E-state index is 0.520. The summed E-state index contributed by atoms with van der Waals surface area (Å²) in [5.41, 5.74) is -5.96. The van der Waals surface area contributed by atoms with E-state index < -0.39 is 52.7 Å². The molecule has 0 unspecified atom stereocenters. The predicted molar refractivity (Wildman–Crippen MR) is 61.4 cm³/mol. The average Bonchev–Trinajstić information content (AvgIpc) is 2.34. The van der Waals surface area contributed by atoms with Crippen molar-refractivity contribution in [2.45, 2.75) is 20.3 Å². The second-order valence-electron chi connectivity index (χ2n) is 4.49. The summed E-state index contributed by atoms with van der Waals surface area (Å²) >= 11 is 0. The van der Waals surface area contributed by atoms with E-state index in [-0.39, 0.29) is 0 Å². The molecule has 0 aliphatic heterocycles. The topological polar surface area (TPSA) is 183 Å². The minimum atomic E-state index is -2.98. The molecule has 4 N–H and O–H groups in total. The Morgan fingerprint density at radius 2 is 0.810 bits per heavy atom. The Morgan fingerprint density at radius 3 is 0.952 bits per heavy atom. The van der Waals surface area contributed by atoms with Gasteiger partial charge in [0.25, 0.3) is 0 Å². The van der Waals surface area contributed by atoms with Gasteiger partial charge in [0.1, 0.15) is 0 Å². The quantitative estimate of drug-likeness (QED) is 0.400. The van der Waals surface area contributed by atoms with Gasteiger partial charge >= 0.3 is 23.9 Å². The van der Waals surface area contributed by atoms with Crippen molar-refractivity contribution in [3.63, 3.8) is 0 Å². The van der Waals surface area contributed by atoms with Gasteiger partial charge in [-0.15, -0.1) is 0 Å². The SMILES string of the molecule is CC(C(=O)O)(C(=O)O)C(=O)CC(=O)C(C)(C(=O)O)C(=O)O. The smallest absolute Gasteiger partial charge is 0.328 e. The van der Waals surface area contributed by atoms with Crippen LogP contribution in [0.2, 0.25) is 0 Å². The van der Waals surface area contributed by atoms with E-state index in [0.29, 0.717) is 13.8 Å². The highest BCUT2D eigenvalue weighted by Crippen LogP contribution is 2.26. The van der Waals surface area contributed by atoms with E-state index >= 15 is 0 Å². The molecule has 0 aliphatic rings. The Kier molecular flexibility index (Phi) is 4.94. The van der Waals surface area contributed by atoms with Gasteiger partial charge in [0.2, 0.25) is 10.8 Å². The maximum Gasteiger partial charge on any atom is 0.328 e. The van der Waals surface area contributed by atoms with Crippen LogP contribution in [0.4, 0.5) is 0 Å². The summed E-state index contributed by atoms with van der Waals surface area (Å²) in [7, 11) is 0. The summed E-state index contributed by atoms with van der Waals surface area (Å²) < 4.78 is 0. The molecule has 10 heteroatoms. The fraction of sp³-hybridized carbons (Fsp3) is 0.455. The van der Waals surface area contributed by atoms with Crippen molar-refractivity contribution >= 4 is 35.4 Å². The molecular formula is C11H12O10. The number of Topliss-reactive ketones (excluding diaryl/α,β-unsaturated/α-hetero) is 2. The van der Waals surface area contributed by atoms with Crippen molar-refractivity contribution in [3.8, 4) is 0 Å². The lowest BCUT2D eigenvalue weighted by atomic mass is 9.77. The molecule has 0 heterocycles. The fourth-order valence-corrected chi connectivity index (χ4v) is 1.16. The first kappa shape index (κ1) is 18.2. The molecule has 0 saturated heterocycles. The van der Waals surface area contributed by atoms with Crippen LogP contribution >= 0.6 is 0 Å². The van der Waals surface area contributed by atoms with Gasteiger partial charge in [0, 0.05) is 0 Å². The first-order valence-corrected chi connectivity index (χ1v) is 5.33. The van der Waals surface area contributed by atoms with E-state index in [0.717, 1.165) is 0 Å². The molecule has 116 valence electrons. The highest BCUT2D eigenvalue weighted by atomic mass is 16.4. The number of carboxylic acids is 4. The molecule has 0 fully saturated rings. The number of rotatable bonds is 8. The Morgan fingerprint density at radius 1 is 0.619 bits per heavy atom. The van der Waals surface area contributed by atoms with Crippen LogP contribution in [-0.2, 0) is 28.8 Å². The number of carbonyl (C=O) groups is 6. The molecule has 0 saturated carbocycles. The molecule has 0 aromatic carbocycles. The summed E-state index contributed by atoms with van der Waals surface area (Å²) in [5, 5.41) is 35.0. The highest BCUT2D eigenvalue weighted by Gasteiger charge is 2.54. The molecule has 0 aliphatic carbocycles. The second kappa shape index (κ2) is 5.69. The van der Waals surface area contributed by atoms with Crippen LogP contribution < -0.4 is 0 Å². The Labute approximate surface area is 117 Å². The lowest BCUT2D eigenvalue weighted by Gasteiger charge is -2.21. The van der Waals surface area contributed by atoms with Crippen molar-refractivity contribution in [1.82, 2.24) is 0 Å². The zero-order chi connectivity index (χ0) is 17.2. The molecule has 0 radical (unpaired) electrons. The summed E-state index contributed by atoms with van der Waals surface area (Å²) in [5.74, 6) is -11.5. The first-order valence-electron chi connectivity index (χ1n) is 5.33. The van der Waals surface area contributed by atoms with Gasteiger partial charge in [-0.05, 0) is 13.8 Å². The van der Waals surface area contributed by atoms with Gasteiger partial charge in [-0.25, -0.2) is 0 Å². The van der Waals surface area contributed by atoms with Crippen LogP contribution in [0.25, 0.3) is 0 Å². The van der Waals surface area contributed by atoms with Gasteiger partial charge in [-0.1, -0.05) is 0 Å². The number of hydrogen-bond donors (Lipinski definition) is 4. The predicted octanol–water partition coefficient (Wildman–Crippen LogP) is -1.13. The van der Waals surface area contributed by atoms with Gasteiger partial charge in [0.15, 0.2) is 11.6 Å². The van der Waals surface area contributed by atoms with E-state index in [4.69, 9.17) is 20.4 Å². The van der Waals surface area contributed by atoms with E-state index in [1.54, 1.807) is 0 Å². The van der Waals surface area contributed by atoms with Crippen molar-refractivity contribution in [2.24, 2.45) is 10.8 Å². The molecule has 0 aromatic heterocycles. The molecule has 0 atom stereocenters. The van der Waals surface area contributed by atoms with Gasteiger partial charge in [0.05, 0.1) is 6.42 Å². The molecule has 10 nitrogen and oxygen atoms in total. The van der Waals surface area contributed by atoms with Crippen molar-refractivity contribution in [2.75, 3.05) is 0 Å². The van der Waals surface area contributed by atoms with E-state index in [9.17, 15) is 28.8 Å². The minimum Gasteiger partial charge on any atom is -0.480 e. The first-order chi connectivity index (χ1) is 9.32. The van der Waals surface area contributed by atoms with Crippen LogP contribution in [0.3, 0.4) is 0 Å². The monoisotopic (exact) mass is 304 g/mol. The van der Waals surface area contributed by atoms with Crippen LogP contribution in [-0.4, -0.2) is 55.9 Å². The van der Waals surface area contributed by atoms with E-state index in [1.807, 2.05) is 0 Å². The largest absolute Gasteiger partial charge is 0.480 e. The van der Waals surface area contributed by atoms with Gasteiger partial charge in [-0.3, -0.25) is 28.8 Å². The zero-order valence-electron chi connectivity index (χ0n) is 10.9. The summed E-state index contributed by atoms with van der Waals surface area (Å²) in [6.07, 6.45) is -1.45. The van der Waals surface area contributed by atoms with Gasteiger partial charge < -0.3 is 20.4 Å². The Hall–Kier alpha value is -2.78. The molecule has 0 rings (SSSR count). The molecular weight excluding hydrogens is 292 g/mol. The number of hydrogen-bond acceptors (Lipinski definition) is 6. The number of aliphatic carboxylic acids is 4. The molecule has 0 amide bonds. The van der Waals surface area contributed by atoms with Crippen LogP contribution in [0.1, 0.15) is 20.3 Å². The number of ketones is 2. The molecule has 21 heavy (non-hydrogen) atoms. The highest BCUT2D eigenvalue weighted by molar-refractivity contribution is 6.27. The molecule has 0 aromatic rings. The van der Waals surface area contributed by atoms with E-state index in [1.165, 1.54) is 0 Å². The van der Waals surface area contributed by atoms with Crippen molar-refractivity contribution < 1.29 is 49.2 Å².